The summed E-state index contributed by atoms with van der Waals surface area (Å²) in [4.78, 5) is 0. The summed E-state index contributed by atoms with van der Waals surface area (Å²) in [5, 5.41) is 2.20. The molecular formula is C7H11NO2S. The van der Waals surface area contributed by atoms with Crippen LogP contribution in [0.4, 0.5) is 0 Å². The lowest BCUT2D eigenvalue weighted by molar-refractivity contribution is 0.588. The smallest absolute Gasteiger partial charge is 0.171 e. The average molecular weight is 173 g/mol. The maximum Gasteiger partial charge on any atom is 0.171 e. The molecule has 0 radical (unpaired) electrons. The Balaban J connectivity index is 2.89. The molecule has 0 saturated heterocycles. The van der Waals surface area contributed by atoms with E-state index in [1.54, 1.807) is 12.3 Å². The van der Waals surface area contributed by atoms with Crippen molar-refractivity contribution in [3.8, 4) is 0 Å². The molecule has 0 aromatic rings. The van der Waals surface area contributed by atoms with Crippen LogP contribution in [0.3, 0.4) is 0 Å². The van der Waals surface area contributed by atoms with Gasteiger partial charge < -0.3 is 5.32 Å². The van der Waals surface area contributed by atoms with Crippen molar-refractivity contribution in [2.75, 3.05) is 6.26 Å². The highest BCUT2D eigenvalue weighted by Gasteiger charge is 2.17. The van der Waals surface area contributed by atoms with Crippen molar-refractivity contribution in [1.82, 2.24) is 5.32 Å². The van der Waals surface area contributed by atoms with E-state index in [1.807, 2.05) is 13.0 Å². The summed E-state index contributed by atoms with van der Waals surface area (Å²) in [7, 11) is -3.00. The third-order valence-corrected chi connectivity index (χ3v) is 2.68. The van der Waals surface area contributed by atoms with E-state index >= 15 is 0 Å². The summed E-state index contributed by atoms with van der Waals surface area (Å²) in [5.41, 5.74) is 0.971. The standard InChI is InChI=1S/C7H11NO2S/c1-6-3-4-8-7(5-6)11(2,9)10/h3-5,7-8H,1-2H3. The van der Waals surface area contributed by atoms with Crippen LogP contribution < -0.4 is 5.32 Å². The second-order valence-electron chi connectivity index (χ2n) is 2.66. The van der Waals surface area contributed by atoms with Crippen LogP contribution in [-0.2, 0) is 9.84 Å². The van der Waals surface area contributed by atoms with Gasteiger partial charge in [-0.1, -0.05) is 5.57 Å². The van der Waals surface area contributed by atoms with Gasteiger partial charge in [-0.15, -0.1) is 0 Å². The van der Waals surface area contributed by atoms with Gasteiger partial charge in [-0.2, -0.15) is 0 Å². The molecule has 3 nitrogen and oxygen atoms in total. The van der Waals surface area contributed by atoms with Crippen molar-refractivity contribution < 1.29 is 8.42 Å². The first kappa shape index (κ1) is 8.33. The minimum absolute atomic E-state index is 0.549. The maximum absolute atomic E-state index is 11.0. The quantitative estimate of drug-likeness (QED) is 0.625. The predicted octanol–water partition coefficient (Wildman–Crippen LogP) is 0.420. The number of allylic oxidation sites excluding steroid dienone is 2. The molecule has 0 fully saturated rings. The van der Waals surface area contributed by atoms with Crippen LogP contribution >= 0.6 is 0 Å². The number of nitrogens with one attached hydrogen (secondary N) is 1. The number of hydrogen-bond donors (Lipinski definition) is 1. The fourth-order valence-electron chi connectivity index (χ4n) is 0.864. The van der Waals surface area contributed by atoms with E-state index < -0.39 is 15.2 Å². The van der Waals surface area contributed by atoms with Crippen LogP contribution in [0.25, 0.3) is 0 Å². The molecule has 0 aromatic carbocycles. The van der Waals surface area contributed by atoms with Crippen LogP contribution in [0.1, 0.15) is 6.92 Å². The summed E-state index contributed by atoms with van der Waals surface area (Å²) in [5.74, 6) is 0. The third kappa shape index (κ3) is 2.08. The Labute approximate surface area is 66.7 Å². The number of dihydropyridines is 1. The van der Waals surface area contributed by atoms with E-state index in [9.17, 15) is 8.42 Å². The van der Waals surface area contributed by atoms with Gasteiger partial charge in [0.25, 0.3) is 0 Å². The Hall–Kier alpha value is -0.770. The highest BCUT2D eigenvalue weighted by Crippen LogP contribution is 2.07. The van der Waals surface area contributed by atoms with E-state index in [4.69, 9.17) is 0 Å². The highest BCUT2D eigenvalue weighted by molar-refractivity contribution is 7.91. The Morgan fingerprint density at radius 1 is 1.55 bits per heavy atom. The minimum Gasteiger partial charge on any atom is -0.372 e. The summed E-state index contributed by atoms with van der Waals surface area (Å²) >= 11 is 0. The monoisotopic (exact) mass is 173 g/mol. The molecule has 1 N–H and O–H groups in total. The second-order valence-corrected chi connectivity index (χ2v) is 4.83. The van der Waals surface area contributed by atoms with Gasteiger partial charge >= 0.3 is 0 Å². The fraction of sp³-hybridized carbons (Fsp3) is 0.429. The van der Waals surface area contributed by atoms with Crippen molar-refractivity contribution in [3.05, 3.63) is 23.9 Å². The molecule has 1 heterocycles. The van der Waals surface area contributed by atoms with Gasteiger partial charge in [-0.25, -0.2) is 8.42 Å². The van der Waals surface area contributed by atoms with Crippen molar-refractivity contribution >= 4 is 9.84 Å². The first-order valence-corrected chi connectivity index (χ1v) is 5.25. The van der Waals surface area contributed by atoms with E-state index in [-0.39, 0.29) is 0 Å². The zero-order valence-corrected chi connectivity index (χ0v) is 7.35. The van der Waals surface area contributed by atoms with Crippen molar-refractivity contribution in [2.45, 2.75) is 12.3 Å². The topological polar surface area (TPSA) is 46.2 Å². The van der Waals surface area contributed by atoms with Crippen LogP contribution in [0, 0.1) is 0 Å². The fourth-order valence-corrected chi connectivity index (χ4v) is 1.65. The number of hydrogen-bond acceptors (Lipinski definition) is 3. The molecule has 1 aliphatic rings. The third-order valence-electron chi connectivity index (χ3n) is 1.48. The molecule has 0 aliphatic carbocycles. The molecule has 4 heteroatoms. The number of sulfone groups is 1. The highest BCUT2D eigenvalue weighted by atomic mass is 32.2. The Kier molecular flexibility index (Phi) is 2.04. The largest absolute Gasteiger partial charge is 0.372 e. The van der Waals surface area contributed by atoms with E-state index in [1.165, 1.54) is 6.26 Å². The van der Waals surface area contributed by atoms with Gasteiger partial charge in [0.2, 0.25) is 0 Å². The lowest BCUT2D eigenvalue weighted by Gasteiger charge is -2.15. The van der Waals surface area contributed by atoms with Gasteiger partial charge in [-0.3, -0.25) is 0 Å². The molecule has 1 aliphatic heterocycles. The van der Waals surface area contributed by atoms with E-state index in [2.05, 4.69) is 5.32 Å². The summed E-state index contributed by atoms with van der Waals surface area (Å²) in [6.45, 7) is 1.87. The Bertz CT molecular complexity index is 300. The van der Waals surface area contributed by atoms with Crippen LogP contribution in [0.15, 0.2) is 23.9 Å². The predicted molar refractivity (Wildman–Crippen MR) is 44.7 cm³/mol. The zero-order chi connectivity index (χ0) is 8.48. The first-order chi connectivity index (χ1) is 5.00. The molecule has 1 unspecified atom stereocenters. The van der Waals surface area contributed by atoms with Crippen molar-refractivity contribution in [1.29, 1.82) is 0 Å². The van der Waals surface area contributed by atoms with Crippen molar-refractivity contribution in [2.24, 2.45) is 0 Å². The average Bonchev–Trinajstić information content (AvgIpc) is 1.86. The molecule has 1 rings (SSSR count). The SMILES string of the molecule is CC1=CC(S(C)(=O)=O)NC=C1. The van der Waals surface area contributed by atoms with Gasteiger partial charge in [0, 0.05) is 6.26 Å². The molecule has 0 amide bonds. The van der Waals surface area contributed by atoms with Crippen LogP contribution in [-0.4, -0.2) is 20.0 Å². The first-order valence-electron chi connectivity index (χ1n) is 3.30. The van der Waals surface area contributed by atoms with Gasteiger partial charge in [0.15, 0.2) is 9.84 Å². The number of rotatable bonds is 1. The minimum atomic E-state index is -3.00. The molecule has 62 valence electrons. The second kappa shape index (κ2) is 2.70. The Morgan fingerprint density at radius 3 is 2.55 bits per heavy atom. The molecule has 0 bridgehead atoms. The van der Waals surface area contributed by atoms with E-state index in [0.29, 0.717) is 0 Å². The van der Waals surface area contributed by atoms with Gasteiger partial charge in [0.05, 0.1) is 0 Å². The lowest BCUT2D eigenvalue weighted by atomic mass is 10.2. The molecule has 0 spiro atoms. The van der Waals surface area contributed by atoms with E-state index in [0.717, 1.165) is 5.57 Å². The molecular weight excluding hydrogens is 162 g/mol. The molecule has 1 atom stereocenters. The van der Waals surface area contributed by atoms with Gasteiger partial charge in [-0.05, 0) is 25.3 Å². The summed E-state index contributed by atoms with van der Waals surface area (Å²) in [6, 6.07) is 0. The Morgan fingerprint density at radius 2 is 2.18 bits per heavy atom. The van der Waals surface area contributed by atoms with Crippen LogP contribution in [0.2, 0.25) is 0 Å². The summed E-state index contributed by atoms with van der Waals surface area (Å²) < 4.78 is 22.0. The molecule has 0 saturated carbocycles. The van der Waals surface area contributed by atoms with Gasteiger partial charge in [0.1, 0.15) is 5.37 Å². The molecule has 11 heavy (non-hydrogen) atoms. The van der Waals surface area contributed by atoms with Crippen LogP contribution in [0.5, 0.6) is 0 Å². The summed E-state index contributed by atoms with van der Waals surface area (Å²) in [6.07, 6.45) is 6.39. The zero-order valence-electron chi connectivity index (χ0n) is 6.53. The lowest BCUT2D eigenvalue weighted by Crippen LogP contribution is -2.32. The van der Waals surface area contributed by atoms with Crippen molar-refractivity contribution in [3.63, 3.8) is 0 Å². The molecule has 0 aromatic heterocycles. The normalized spacial score (nSPS) is 24.2. The maximum atomic E-state index is 11.0.